The Morgan fingerprint density at radius 3 is 2.74 bits per heavy atom. The van der Waals surface area contributed by atoms with Gasteiger partial charge in [-0.3, -0.25) is 4.79 Å². The molecule has 0 spiro atoms. The fourth-order valence-electron chi connectivity index (χ4n) is 1.64. The third-order valence-corrected chi connectivity index (χ3v) is 3.30. The van der Waals surface area contributed by atoms with Crippen molar-refractivity contribution < 1.29 is 9.18 Å². The first-order valence-corrected chi connectivity index (χ1v) is 6.39. The molecule has 2 rings (SSSR count). The third kappa shape index (κ3) is 3.12. The summed E-state index contributed by atoms with van der Waals surface area (Å²) in [5.74, 6) is -0.886. The topological polar surface area (TPSA) is 55.1 Å². The largest absolute Gasteiger partial charge is 0.399 e. The molecule has 98 valence electrons. The average molecular weight is 323 g/mol. The van der Waals surface area contributed by atoms with Crippen LogP contribution in [0.4, 0.5) is 15.8 Å². The van der Waals surface area contributed by atoms with E-state index >= 15 is 0 Å². The van der Waals surface area contributed by atoms with Gasteiger partial charge in [0.25, 0.3) is 5.91 Å². The molecule has 0 fully saturated rings. The van der Waals surface area contributed by atoms with Crippen LogP contribution in [-0.4, -0.2) is 5.91 Å². The second-order valence-corrected chi connectivity index (χ2v) is 5.03. The van der Waals surface area contributed by atoms with Crippen molar-refractivity contribution in [2.45, 2.75) is 6.92 Å². The normalized spacial score (nSPS) is 10.3. The smallest absolute Gasteiger partial charge is 0.256 e. The van der Waals surface area contributed by atoms with Crippen molar-refractivity contribution in [3.63, 3.8) is 0 Å². The van der Waals surface area contributed by atoms with Crippen LogP contribution in [0.25, 0.3) is 0 Å². The van der Waals surface area contributed by atoms with E-state index in [1.165, 1.54) is 12.1 Å². The van der Waals surface area contributed by atoms with Crippen LogP contribution in [0, 0.1) is 12.7 Å². The van der Waals surface area contributed by atoms with E-state index in [1.807, 2.05) is 6.92 Å². The number of nitrogens with one attached hydrogen (secondary N) is 1. The first-order valence-electron chi connectivity index (χ1n) is 5.60. The van der Waals surface area contributed by atoms with Crippen molar-refractivity contribution in [2.75, 3.05) is 11.1 Å². The van der Waals surface area contributed by atoms with E-state index in [0.29, 0.717) is 15.7 Å². The van der Waals surface area contributed by atoms with E-state index < -0.39 is 11.7 Å². The van der Waals surface area contributed by atoms with E-state index in [2.05, 4.69) is 21.2 Å². The van der Waals surface area contributed by atoms with Crippen molar-refractivity contribution in [1.82, 2.24) is 0 Å². The van der Waals surface area contributed by atoms with Gasteiger partial charge in [0.2, 0.25) is 0 Å². The Kier molecular flexibility index (Phi) is 3.85. The Hall–Kier alpha value is -1.88. The molecule has 0 saturated carbocycles. The molecule has 0 bridgehead atoms. The molecule has 0 saturated heterocycles. The van der Waals surface area contributed by atoms with Gasteiger partial charge in [-0.2, -0.15) is 0 Å². The molecule has 2 aromatic carbocycles. The minimum atomic E-state index is -0.473. The number of nitrogens with two attached hydrogens (primary N) is 1. The van der Waals surface area contributed by atoms with Crippen molar-refractivity contribution in [1.29, 1.82) is 0 Å². The number of hydrogen-bond acceptors (Lipinski definition) is 2. The first-order chi connectivity index (χ1) is 8.97. The second-order valence-electron chi connectivity index (χ2n) is 4.18. The summed E-state index contributed by atoms with van der Waals surface area (Å²) in [5, 5.41) is 2.54. The summed E-state index contributed by atoms with van der Waals surface area (Å²) in [5.41, 5.74) is 7.49. The maximum Gasteiger partial charge on any atom is 0.256 e. The fourth-order valence-corrected chi connectivity index (χ4v) is 2.07. The second kappa shape index (κ2) is 5.40. The highest BCUT2D eigenvalue weighted by molar-refractivity contribution is 9.10. The molecule has 1 amide bonds. The molecule has 0 aliphatic heterocycles. The van der Waals surface area contributed by atoms with Crippen molar-refractivity contribution in [3.05, 3.63) is 57.8 Å². The highest BCUT2D eigenvalue weighted by Gasteiger charge is 2.12. The number of hydrogen-bond donors (Lipinski definition) is 2. The van der Waals surface area contributed by atoms with Gasteiger partial charge in [-0.15, -0.1) is 0 Å². The van der Waals surface area contributed by atoms with Crippen molar-refractivity contribution >= 4 is 33.2 Å². The van der Waals surface area contributed by atoms with Gasteiger partial charge in [-0.1, -0.05) is 6.07 Å². The van der Waals surface area contributed by atoms with Gasteiger partial charge in [0.1, 0.15) is 5.82 Å². The van der Waals surface area contributed by atoms with E-state index in [-0.39, 0.29) is 5.69 Å². The molecule has 0 unspecified atom stereocenters. The number of halogens is 2. The lowest BCUT2D eigenvalue weighted by atomic mass is 10.1. The summed E-state index contributed by atoms with van der Waals surface area (Å²) in [6.45, 7) is 1.82. The van der Waals surface area contributed by atoms with Crippen LogP contribution in [0.3, 0.4) is 0 Å². The number of benzene rings is 2. The zero-order valence-electron chi connectivity index (χ0n) is 10.2. The molecule has 0 radical (unpaired) electrons. The molecular weight excluding hydrogens is 311 g/mol. The molecule has 0 aromatic heterocycles. The number of aryl methyl sites for hydroxylation is 1. The van der Waals surface area contributed by atoms with Crippen LogP contribution in [-0.2, 0) is 0 Å². The van der Waals surface area contributed by atoms with Gasteiger partial charge in [0.05, 0.1) is 11.3 Å². The molecule has 5 heteroatoms. The van der Waals surface area contributed by atoms with E-state index in [0.717, 1.165) is 5.56 Å². The van der Waals surface area contributed by atoms with Crippen LogP contribution < -0.4 is 11.1 Å². The lowest BCUT2D eigenvalue weighted by Crippen LogP contribution is -2.14. The monoisotopic (exact) mass is 322 g/mol. The summed E-state index contributed by atoms with van der Waals surface area (Å²) in [4.78, 5) is 12.1. The number of carbonyl (C=O) groups excluding carboxylic acids is 1. The van der Waals surface area contributed by atoms with Gasteiger partial charge in [0.15, 0.2) is 0 Å². The SMILES string of the molecule is Cc1ccc(F)c(NC(=O)c2cc(N)ccc2Br)c1. The van der Waals surface area contributed by atoms with Gasteiger partial charge >= 0.3 is 0 Å². The zero-order valence-corrected chi connectivity index (χ0v) is 11.8. The molecular formula is C14H12BrFN2O. The van der Waals surface area contributed by atoms with E-state index in [9.17, 15) is 9.18 Å². The summed E-state index contributed by atoms with van der Waals surface area (Å²) in [6, 6.07) is 9.42. The Balaban J connectivity index is 2.30. The summed E-state index contributed by atoms with van der Waals surface area (Å²) in [6.07, 6.45) is 0. The Morgan fingerprint density at radius 2 is 2.00 bits per heavy atom. The van der Waals surface area contributed by atoms with E-state index in [1.54, 1.807) is 24.3 Å². The minimum Gasteiger partial charge on any atom is -0.399 e. The maximum absolute atomic E-state index is 13.6. The van der Waals surface area contributed by atoms with Gasteiger partial charge < -0.3 is 11.1 Å². The number of amides is 1. The van der Waals surface area contributed by atoms with Crippen molar-refractivity contribution in [3.8, 4) is 0 Å². The van der Waals surface area contributed by atoms with Crippen LogP contribution >= 0.6 is 15.9 Å². The number of nitrogen functional groups attached to an aromatic ring is 1. The standard InChI is InChI=1S/C14H12BrFN2O/c1-8-2-5-12(16)13(6-8)18-14(19)10-7-9(17)3-4-11(10)15/h2-7H,17H2,1H3,(H,18,19). The van der Waals surface area contributed by atoms with Gasteiger partial charge in [-0.25, -0.2) is 4.39 Å². The lowest BCUT2D eigenvalue weighted by Gasteiger charge is -2.09. The molecule has 0 heterocycles. The Labute approximate surface area is 118 Å². The van der Waals surface area contributed by atoms with Crippen molar-refractivity contribution in [2.24, 2.45) is 0 Å². The summed E-state index contributed by atoms with van der Waals surface area (Å²) in [7, 11) is 0. The summed E-state index contributed by atoms with van der Waals surface area (Å²) < 4.78 is 14.2. The number of anilines is 2. The predicted molar refractivity (Wildman–Crippen MR) is 77.6 cm³/mol. The molecule has 3 N–H and O–H groups in total. The molecule has 19 heavy (non-hydrogen) atoms. The van der Waals surface area contributed by atoms with Crippen LogP contribution in [0.1, 0.15) is 15.9 Å². The fraction of sp³-hybridized carbons (Fsp3) is 0.0714. The molecule has 0 aliphatic rings. The molecule has 0 aliphatic carbocycles. The van der Waals surface area contributed by atoms with Gasteiger partial charge in [-0.05, 0) is 58.7 Å². The van der Waals surface area contributed by atoms with E-state index in [4.69, 9.17) is 5.73 Å². The van der Waals surface area contributed by atoms with Crippen LogP contribution in [0.5, 0.6) is 0 Å². The summed E-state index contributed by atoms with van der Waals surface area (Å²) >= 11 is 3.27. The van der Waals surface area contributed by atoms with Crippen LogP contribution in [0.2, 0.25) is 0 Å². The molecule has 0 atom stereocenters. The maximum atomic E-state index is 13.6. The highest BCUT2D eigenvalue weighted by atomic mass is 79.9. The molecule has 3 nitrogen and oxygen atoms in total. The Morgan fingerprint density at radius 1 is 1.26 bits per heavy atom. The lowest BCUT2D eigenvalue weighted by molar-refractivity contribution is 0.102. The zero-order chi connectivity index (χ0) is 14.0. The molecule has 2 aromatic rings. The number of rotatable bonds is 2. The highest BCUT2D eigenvalue weighted by Crippen LogP contribution is 2.22. The number of carbonyl (C=O) groups is 1. The van der Waals surface area contributed by atoms with Crippen LogP contribution in [0.15, 0.2) is 40.9 Å². The quantitative estimate of drug-likeness (QED) is 0.828. The van der Waals surface area contributed by atoms with Gasteiger partial charge in [0, 0.05) is 10.2 Å². The minimum absolute atomic E-state index is 0.152. The average Bonchev–Trinajstić information content (AvgIpc) is 2.36. The predicted octanol–water partition coefficient (Wildman–Crippen LogP) is 3.73. The Bertz CT molecular complexity index is 643. The first kappa shape index (κ1) is 13.5. The third-order valence-electron chi connectivity index (χ3n) is 2.61.